The first-order valence-corrected chi connectivity index (χ1v) is 2.87. The van der Waals surface area contributed by atoms with Gasteiger partial charge in [-0.2, -0.15) is 8.42 Å². The molecule has 0 saturated heterocycles. The highest BCUT2D eigenvalue weighted by atomic mass is 32.3. The van der Waals surface area contributed by atoms with Gasteiger partial charge in [-0.05, 0) is 9.47 Å². The minimum Gasteiger partial charge on any atom is -0.380 e. The van der Waals surface area contributed by atoms with Crippen molar-refractivity contribution in [3.05, 3.63) is 0 Å². The predicted octanol–water partition coefficient (Wildman–Crippen LogP) is -0.884. The van der Waals surface area contributed by atoms with Crippen LogP contribution in [0.25, 0.3) is 0 Å². The highest BCUT2D eigenvalue weighted by molar-refractivity contribution is 7.79. The van der Waals surface area contributed by atoms with Crippen LogP contribution < -0.4 is 0 Å². The average molecular weight is 148 g/mol. The minimum absolute atomic E-state index is 1.42. The summed E-state index contributed by atoms with van der Waals surface area (Å²) in [6, 6.07) is 0. The fraction of sp³-hybridized carbons (Fsp3) is 0. The Kier molecular flexibility index (Phi) is 6.49. The molecule has 1 unspecified atom stereocenters. The van der Waals surface area contributed by atoms with E-state index in [1.54, 1.807) is 0 Å². The van der Waals surface area contributed by atoms with Crippen molar-refractivity contribution in [1.29, 1.82) is 0 Å². The smallest absolute Gasteiger partial charge is 0.380 e. The molecule has 0 aliphatic carbocycles. The van der Waals surface area contributed by atoms with Gasteiger partial charge in [0.25, 0.3) is 0 Å². The Bertz CT molecular complexity index is 91.2. The average Bonchev–Trinajstić information content (AvgIpc) is 1.36. The molecule has 0 saturated carbocycles. The Balaban J connectivity index is 0. The van der Waals surface area contributed by atoms with Crippen LogP contribution in [0, 0.1) is 0 Å². The topological polar surface area (TPSA) is 94.8 Å². The van der Waals surface area contributed by atoms with Crippen molar-refractivity contribution in [2.75, 3.05) is 0 Å². The third-order valence-corrected chi connectivity index (χ3v) is 0. The van der Waals surface area contributed by atoms with E-state index in [2.05, 4.69) is 0 Å². The maximum atomic E-state index is 8.74. The molecular weight excluding hydrogens is 143 g/mol. The molecule has 0 aromatic rings. The van der Waals surface area contributed by atoms with E-state index in [1.807, 2.05) is 0 Å². The molecule has 0 amide bonds. The highest BCUT2D eigenvalue weighted by Gasteiger charge is 1.84. The molecule has 0 aliphatic heterocycles. The molecule has 46 valence electrons. The Morgan fingerprint density at radius 3 is 1.14 bits per heavy atom. The fourth-order valence-corrected chi connectivity index (χ4v) is 0. The van der Waals surface area contributed by atoms with Gasteiger partial charge < -0.3 is 4.89 Å². The summed E-state index contributed by atoms with van der Waals surface area (Å²) in [6.45, 7) is 0. The molecule has 0 fully saturated rings. The zero-order chi connectivity index (χ0) is 6.50. The van der Waals surface area contributed by atoms with Crippen molar-refractivity contribution in [2.45, 2.75) is 0 Å². The van der Waals surface area contributed by atoms with E-state index in [-0.39, 0.29) is 0 Å². The highest BCUT2D eigenvalue weighted by Crippen LogP contribution is 1.59. The number of rotatable bonds is 0. The maximum Gasteiger partial charge on any atom is 0.394 e. The molecule has 0 aliphatic rings. The summed E-state index contributed by atoms with van der Waals surface area (Å²) >= 11 is 0. The van der Waals surface area contributed by atoms with Crippen LogP contribution in [0.1, 0.15) is 0 Å². The van der Waals surface area contributed by atoms with Crippen molar-refractivity contribution in [2.24, 2.45) is 0 Å². The summed E-state index contributed by atoms with van der Waals surface area (Å²) in [5.74, 6) is 0. The van der Waals surface area contributed by atoms with Crippen molar-refractivity contribution >= 4 is 19.9 Å². The molecular formula is H5O5PS. The van der Waals surface area contributed by atoms with Gasteiger partial charge in [0.1, 0.15) is 0 Å². The number of hydrogen-bond donors (Lipinski definition) is 3. The van der Waals surface area contributed by atoms with Gasteiger partial charge in [0.2, 0.25) is 0 Å². The van der Waals surface area contributed by atoms with Gasteiger partial charge in [0, 0.05) is 0 Å². The SMILES string of the molecule is O=S(=O)(O)O.OP. The standard InChI is InChI=1S/H2O4S.H3OP/c1-5(2,3)4;1-2/h(H2,1,2,3,4);1H,2H2. The second-order valence-electron chi connectivity index (χ2n) is 0.448. The number of hydrogen-bond acceptors (Lipinski definition) is 3. The zero-order valence-corrected chi connectivity index (χ0v) is 5.11. The summed E-state index contributed by atoms with van der Waals surface area (Å²) in [5.41, 5.74) is 0. The van der Waals surface area contributed by atoms with E-state index >= 15 is 0 Å². The third-order valence-electron chi connectivity index (χ3n) is 0. The van der Waals surface area contributed by atoms with Gasteiger partial charge in [-0.1, -0.05) is 0 Å². The lowest BCUT2D eigenvalue weighted by Gasteiger charge is -1.68. The van der Waals surface area contributed by atoms with Crippen LogP contribution in [0.15, 0.2) is 0 Å². The van der Waals surface area contributed by atoms with Crippen LogP contribution in [0.3, 0.4) is 0 Å². The van der Waals surface area contributed by atoms with Crippen molar-refractivity contribution < 1.29 is 22.4 Å². The maximum absolute atomic E-state index is 8.74. The lowest BCUT2D eigenvalue weighted by Crippen LogP contribution is -1.89. The van der Waals surface area contributed by atoms with Gasteiger partial charge in [-0.3, -0.25) is 9.11 Å². The first kappa shape index (κ1) is 10.3. The third kappa shape index (κ3) is 1680. The summed E-state index contributed by atoms with van der Waals surface area (Å²) < 4.78 is 31.6. The summed E-state index contributed by atoms with van der Waals surface area (Å²) in [4.78, 5) is 6.92. The molecule has 7 heteroatoms. The molecule has 3 N–H and O–H groups in total. The molecule has 0 bridgehead atoms. The van der Waals surface area contributed by atoms with Gasteiger partial charge in [0.05, 0.1) is 0 Å². The normalized spacial score (nSPS) is 9.14. The van der Waals surface area contributed by atoms with Gasteiger partial charge in [-0.25, -0.2) is 0 Å². The molecule has 1 atom stereocenters. The Labute approximate surface area is 43.2 Å². The molecule has 7 heavy (non-hydrogen) atoms. The van der Waals surface area contributed by atoms with Gasteiger partial charge in [-0.15, -0.1) is 0 Å². The van der Waals surface area contributed by atoms with Crippen LogP contribution in [0.2, 0.25) is 0 Å². The van der Waals surface area contributed by atoms with Crippen molar-refractivity contribution in [1.82, 2.24) is 0 Å². The predicted molar refractivity (Wildman–Crippen MR) is 26.1 cm³/mol. The van der Waals surface area contributed by atoms with Crippen LogP contribution in [-0.2, 0) is 10.4 Å². The first-order chi connectivity index (χ1) is 3.00. The second-order valence-corrected chi connectivity index (χ2v) is 1.34. The lowest BCUT2D eigenvalue weighted by molar-refractivity contribution is 0.381. The summed E-state index contributed by atoms with van der Waals surface area (Å²) in [5, 5.41) is 0. The van der Waals surface area contributed by atoms with Crippen LogP contribution in [0.4, 0.5) is 0 Å². The zero-order valence-electron chi connectivity index (χ0n) is 3.14. The largest absolute Gasteiger partial charge is 0.394 e. The van der Waals surface area contributed by atoms with E-state index < -0.39 is 10.4 Å². The van der Waals surface area contributed by atoms with E-state index in [0.717, 1.165) is 0 Å². The van der Waals surface area contributed by atoms with Crippen LogP contribution in [-0.4, -0.2) is 22.4 Å². The monoisotopic (exact) mass is 148 g/mol. The van der Waals surface area contributed by atoms with Crippen LogP contribution >= 0.6 is 9.47 Å². The van der Waals surface area contributed by atoms with Crippen molar-refractivity contribution in [3.63, 3.8) is 0 Å². The van der Waals surface area contributed by atoms with Gasteiger partial charge in [0.15, 0.2) is 0 Å². The van der Waals surface area contributed by atoms with Crippen molar-refractivity contribution in [3.8, 4) is 0 Å². The molecule has 0 aromatic carbocycles. The Morgan fingerprint density at radius 1 is 1.14 bits per heavy atom. The second kappa shape index (κ2) is 4.42. The molecule has 0 rings (SSSR count). The molecule has 0 aromatic heterocycles. The van der Waals surface area contributed by atoms with E-state index in [4.69, 9.17) is 22.4 Å². The molecule has 0 heterocycles. The molecule has 5 nitrogen and oxygen atoms in total. The molecule has 0 radical (unpaired) electrons. The molecule has 0 spiro atoms. The van der Waals surface area contributed by atoms with E-state index in [1.165, 1.54) is 9.47 Å². The van der Waals surface area contributed by atoms with E-state index in [0.29, 0.717) is 0 Å². The lowest BCUT2D eigenvalue weighted by atomic mass is 15.8. The first-order valence-electron chi connectivity index (χ1n) is 0.957. The van der Waals surface area contributed by atoms with Gasteiger partial charge >= 0.3 is 10.4 Å². The summed E-state index contributed by atoms with van der Waals surface area (Å²) in [7, 11) is -3.25. The quantitative estimate of drug-likeness (QED) is 0.306. The van der Waals surface area contributed by atoms with E-state index in [9.17, 15) is 0 Å². The Morgan fingerprint density at radius 2 is 1.14 bits per heavy atom. The Hall–Kier alpha value is 0.260. The minimum atomic E-state index is -4.67. The van der Waals surface area contributed by atoms with Crippen LogP contribution in [0.5, 0.6) is 0 Å². The fourth-order valence-electron chi connectivity index (χ4n) is 0. The summed E-state index contributed by atoms with van der Waals surface area (Å²) in [6.07, 6.45) is 0.